The number of H-pyrrole nitrogens is 1. The first-order valence-electron chi connectivity index (χ1n) is 2.65. The van der Waals surface area contributed by atoms with Crippen LogP contribution in [0.15, 0.2) is 17.4 Å². The molecule has 3 nitrogen and oxygen atoms in total. The lowest BCUT2D eigenvalue weighted by Gasteiger charge is -1.76. The number of nitrogens with zero attached hydrogens (tertiary/aromatic N) is 1. The maximum Gasteiger partial charge on any atom is 0.0896 e. The van der Waals surface area contributed by atoms with Crippen molar-refractivity contribution in [2.24, 2.45) is 5.16 Å². The van der Waals surface area contributed by atoms with Crippen molar-refractivity contribution in [2.45, 2.75) is 6.92 Å². The lowest BCUT2D eigenvalue weighted by molar-refractivity contribution is 0.321. The van der Waals surface area contributed by atoms with E-state index in [2.05, 4.69) is 10.1 Å². The summed E-state index contributed by atoms with van der Waals surface area (Å²) in [6, 6.07) is 1.89. The summed E-state index contributed by atoms with van der Waals surface area (Å²) in [6.45, 7) is 1.96. The van der Waals surface area contributed by atoms with Crippen LogP contribution in [0.3, 0.4) is 0 Å². The Kier molecular flexibility index (Phi) is 1.53. The van der Waals surface area contributed by atoms with Gasteiger partial charge in [-0.25, -0.2) is 0 Å². The summed E-state index contributed by atoms with van der Waals surface area (Å²) in [7, 11) is 0. The molecule has 0 fully saturated rings. The summed E-state index contributed by atoms with van der Waals surface area (Å²) in [5, 5.41) is 10.9. The van der Waals surface area contributed by atoms with Crippen molar-refractivity contribution in [1.29, 1.82) is 0 Å². The zero-order valence-electron chi connectivity index (χ0n) is 5.13. The smallest absolute Gasteiger partial charge is 0.0896 e. The first-order valence-corrected chi connectivity index (χ1v) is 2.65. The third kappa shape index (κ3) is 1.32. The van der Waals surface area contributed by atoms with E-state index >= 15 is 0 Å². The SMILES string of the molecule is Cc1c[nH]c(/C=N/O)c1. The number of aromatic nitrogens is 1. The highest BCUT2D eigenvalue weighted by atomic mass is 16.4. The van der Waals surface area contributed by atoms with Gasteiger partial charge in [0, 0.05) is 6.20 Å². The molecule has 2 N–H and O–H groups in total. The van der Waals surface area contributed by atoms with Crippen molar-refractivity contribution >= 4 is 6.21 Å². The van der Waals surface area contributed by atoms with Gasteiger partial charge in [0.1, 0.15) is 0 Å². The number of oxime groups is 1. The normalized spacial score (nSPS) is 10.8. The van der Waals surface area contributed by atoms with Gasteiger partial charge in [0.2, 0.25) is 0 Å². The van der Waals surface area contributed by atoms with Crippen molar-refractivity contribution in [2.75, 3.05) is 0 Å². The minimum Gasteiger partial charge on any atom is -0.411 e. The van der Waals surface area contributed by atoms with E-state index in [1.807, 2.05) is 19.2 Å². The van der Waals surface area contributed by atoms with Crippen LogP contribution >= 0.6 is 0 Å². The molecule has 1 aromatic rings. The molecule has 9 heavy (non-hydrogen) atoms. The predicted octanol–water partition coefficient (Wildman–Crippen LogP) is 1.13. The van der Waals surface area contributed by atoms with E-state index in [0.717, 1.165) is 11.3 Å². The first kappa shape index (κ1) is 5.88. The van der Waals surface area contributed by atoms with Crippen molar-refractivity contribution < 1.29 is 5.21 Å². The highest BCUT2D eigenvalue weighted by Crippen LogP contribution is 1.97. The molecule has 0 saturated carbocycles. The summed E-state index contributed by atoms with van der Waals surface area (Å²) in [5.74, 6) is 0. The zero-order valence-corrected chi connectivity index (χ0v) is 5.13. The molecular weight excluding hydrogens is 116 g/mol. The Bertz CT molecular complexity index is 215. The van der Waals surface area contributed by atoms with Crippen molar-refractivity contribution in [3.8, 4) is 0 Å². The molecule has 0 aromatic carbocycles. The van der Waals surface area contributed by atoms with Crippen molar-refractivity contribution in [3.05, 3.63) is 23.5 Å². The summed E-state index contributed by atoms with van der Waals surface area (Å²) < 4.78 is 0. The third-order valence-electron chi connectivity index (χ3n) is 1.05. The standard InChI is InChI=1S/C6H8N2O/c1-5-2-6(4-8-9)7-3-5/h2-4,7,9H,1H3/b8-4+. The van der Waals surface area contributed by atoms with Gasteiger partial charge in [0.15, 0.2) is 0 Å². The third-order valence-corrected chi connectivity index (χ3v) is 1.05. The van der Waals surface area contributed by atoms with E-state index in [-0.39, 0.29) is 0 Å². The molecule has 0 amide bonds. The second-order valence-corrected chi connectivity index (χ2v) is 1.88. The van der Waals surface area contributed by atoms with E-state index < -0.39 is 0 Å². The van der Waals surface area contributed by atoms with Crippen LogP contribution < -0.4 is 0 Å². The van der Waals surface area contributed by atoms with E-state index in [4.69, 9.17) is 5.21 Å². The topological polar surface area (TPSA) is 48.4 Å². The number of aryl methyl sites for hydroxylation is 1. The Morgan fingerprint density at radius 1 is 1.78 bits per heavy atom. The quantitative estimate of drug-likeness (QED) is 0.329. The molecular formula is C6H8N2O. The number of aromatic amines is 1. The van der Waals surface area contributed by atoms with Crippen LogP contribution in [-0.2, 0) is 0 Å². The van der Waals surface area contributed by atoms with Crippen molar-refractivity contribution in [3.63, 3.8) is 0 Å². The van der Waals surface area contributed by atoms with Gasteiger partial charge in [-0.15, -0.1) is 0 Å². The molecule has 0 unspecified atom stereocenters. The van der Waals surface area contributed by atoms with Gasteiger partial charge < -0.3 is 10.2 Å². The Hall–Kier alpha value is -1.25. The molecule has 0 aliphatic carbocycles. The molecule has 0 saturated heterocycles. The van der Waals surface area contributed by atoms with Crippen LogP contribution in [0.4, 0.5) is 0 Å². The van der Waals surface area contributed by atoms with Gasteiger partial charge in [0.25, 0.3) is 0 Å². The van der Waals surface area contributed by atoms with Gasteiger partial charge in [-0.1, -0.05) is 5.16 Å². The van der Waals surface area contributed by atoms with Crippen LogP contribution in [0.2, 0.25) is 0 Å². The second-order valence-electron chi connectivity index (χ2n) is 1.88. The summed E-state index contributed by atoms with van der Waals surface area (Å²) in [5.41, 5.74) is 1.94. The minimum atomic E-state index is 0.815. The summed E-state index contributed by atoms with van der Waals surface area (Å²) in [6.07, 6.45) is 3.20. The molecule has 0 spiro atoms. The molecule has 0 atom stereocenters. The molecule has 0 radical (unpaired) electrons. The number of nitrogens with one attached hydrogen (secondary N) is 1. The number of rotatable bonds is 1. The minimum absolute atomic E-state index is 0.815. The molecule has 0 bridgehead atoms. The predicted molar refractivity (Wildman–Crippen MR) is 34.9 cm³/mol. The molecule has 0 aliphatic rings. The lowest BCUT2D eigenvalue weighted by Crippen LogP contribution is -1.76. The van der Waals surface area contributed by atoms with Crippen LogP contribution in [0, 0.1) is 6.92 Å². The van der Waals surface area contributed by atoms with E-state index in [0.29, 0.717) is 0 Å². The number of hydrogen-bond acceptors (Lipinski definition) is 2. The van der Waals surface area contributed by atoms with Gasteiger partial charge >= 0.3 is 0 Å². The lowest BCUT2D eigenvalue weighted by atomic mass is 10.3. The molecule has 3 heteroatoms. The second kappa shape index (κ2) is 2.35. The largest absolute Gasteiger partial charge is 0.411 e. The highest BCUT2D eigenvalue weighted by Gasteiger charge is 1.88. The monoisotopic (exact) mass is 124 g/mol. The van der Waals surface area contributed by atoms with Crippen LogP contribution in [0.5, 0.6) is 0 Å². The molecule has 1 rings (SSSR count). The number of hydrogen-bond donors (Lipinski definition) is 2. The Balaban J connectivity index is 2.85. The first-order chi connectivity index (χ1) is 4.33. The van der Waals surface area contributed by atoms with Crippen LogP contribution in [-0.4, -0.2) is 16.4 Å². The Labute approximate surface area is 53.0 Å². The highest BCUT2D eigenvalue weighted by molar-refractivity contribution is 5.76. The fourth-order valence-electron chi connectivity index (χ4n) is 0.663. The average molecular weight is 124 g/mol. The van der Waals surface area contributed by atoms with Gasteiger partial charge in [-0.05, 0) is 18.6 Å². The van der Waals surface area contributed by atoms with E-state index in [1.54, 1.807) is 0 Å². The molecule has 1 heterocycles. The average Bonchev–Trinajstić information content (AvgIpc) is 2.17. The maximum absolute atomic E-state index is 8.08. The van der Waals surface area contributed by atoms with E-state index in [9.17, 15) is 0 Å². The fraction of sp³-hybridized carbons (Fsp3) is 0.167. The Morgan fingerprint density at radius 3 is 3.00 bits per heavy atom. The summed E-state index contributed by atoms with van der Waals surface area (Å²) in [4.78, 5) is 2.90. The Morgan fingerprint density at radius 2 is 2.56 bits per heavy atom. The van der Waals surface area contributed by atoms with E-state index in [1.165, 1.54) is 6.21 Å². The zero-order chi connectivity index (χ0) is 6.69. The van der Waals surface area contributed by atoms with Crippen LogP contribution in [0.25, 0.3) is 0 Å². The van der Waals surface area contributed by atoms with Crippen molar-refractivity contribution in [1.82, 2.24) is 4.98 Å². The van der Waals surface area contributed by atoms with Gasteiger partial charge in [-0.2, -0.15) is 0 Å². The molecule has 48 valence electrons. The fourth-order valence-corrected chi connectivity index (χ4v) is 0.663. The van der Waals surface area contributed by atoms with Gasteiger partial charge in [-0.3, -0.25) is 0 Å². The summed E-state index contributed by atoms with van der Waals surface area (Å²) >= 11 is 0. The van der Waals surface area contributed by atoms with Crippen LogP contribution in [0.1, 0.15) is 11.3 Å². The molecule has 0 aliphatic heterocycles. The molecule has 1 aromatic heterocycles. The van der Waals surface area contributed by atoms with Gasteiger partial charge in [0.05, 0.1) is 11.9 Å². The maximum atomic E-state index is 8.08.